The Morgan fingerprint density at radius 1 is 1.07 bits per heavy atom. The van der Waals surface area contributed by atoms with Crippen molar-refractivity contribution in [3.05, 3.63) is 58.9 Å². The summed E-state index contributed by atoms with van der Waals surface area (Å²) in [6, 6.07) is 6.96. The fourth-order valence-electron chi connectivity index (χ4n) is 3.39. The second-order valence-electron chi connectivity index (χ2n) is 7.37. The van der Waals surface area contributed by atoms with E-state index in [1.165, 1.54) is 4.31 Å². The van der Waals surface area contributed by atoms with E-state index in [9.17, 15) is 26.4 Å². The summed E-state index contributed by atoms with van der Waals surface area (Å²) in [6.45, 7) is 4.77. The van der Waals surface area contributed by atoms with Crippen molar-refractivity contribution in [3.63, 3.8) is 0 Å². The number of nitrogens with one attached hydrogen (secondary N) is 2. The van der Waals surface area contributed by atoms with Gasteiger partial charge < -0.3 is 10.2 Å². The highest BCUT2D eigenvalue weighted by Gasteiger charge is 2.32. The SMILES string of the molecule is Cc1ccc(C)c(S(=O)(=O)N2CC[NH+](CC(=O)Nc3ccc(F)c(F)c3F)CC2)c1. The molecule has 6 nitrogen and oxygen atoms in total. The molecule has 1 fully saturated rings. The average Bonchev–Trinajstić information content (AvgIpc) is 2.70. The van der Waals surface area contributed by atoms with Crippen LogP contribution in [0.1, 0.15) is 11.1 Å². The summed E-state index contributed by atoms with van der Waals surface area (Å²) >= 11 is 0. The summed E-state index contributed by atoms with van der Waals surface area (Å²) < 4.78 is 67.3. The lowest BCUT2D eigenvalue weighted by atomic mass is 10.2. The minimum atomic E-state index is -3.64. The molecule has 2 aromatic rings. The molecule has 10 heteroatoms. The first-order valence-corrected chi connectivity index (χ1v) is 10.9. The highest BCUT2D eigenvalue weighted by atomic mass is 32.2. The Morgan fingerprint density at radius 3 is 2.40 bits per heavy atom. The summed E-state index contributed by atoms with van der Waals surface area (Å²) in [7, 11) is -3.64. The van der Waals surface area contributed by atoms with E-state index in [1.54, 1.807) is 19.1 Å². The van der Waals surface area contributed by atoms with Gasteiger partial charge in [-0.3, -0.25) is 4.79 Å². The lowest BCUT2D eigenvalue weighted by molar-refractivity contribution is -0.895. The van der Waals surface area contributed by atoms with Crippen LogP contribution in [0, 0.1) is 31.3 Å². The van der Waals surface area contributed by atoms with Crippen LogP contribution in [0.4, 0.5) is 18.9 Å². The van der Waals surface area contributed by atoms with E-state index in [1.807, 2.05) is 13.0 Å². The molecule has 30 heavy (non-hydrogen) atoms. The quantitative estimate of drug-likeness (QED) is 0.685. The van der Waals surface area contributed by atoms with Gasteiger partial charge in [-0.15, -0.1) is 0 Å². The maximum Gasteiger partial charge on any atom is 0.279 e. The summed E-state index contributed by atoms with van der Waals surface area (Å²) in [4.78, 5) is 13.2. The molecule has 2 N–H and O–H groups in total. The fourth-order valence-corrected chi connectivity index (χ4v) is 5.14. The Bertz CT molecular complexity index is 1070. The van der Waals surface area contributed by atoms with Gasteiger partial charge in [0.15, 0.2) is 24.0 Å². The molecule has 3 rings (SSSR count). The highest BCUT2D eigenvalue weighted by molar-refractivity contribution is 7.89. The number of halogens is 3. The van der Waals surface area contributed by atoms with Crippen molar-refractivity contribution in [1.82, 2.24) is 4.31 Å². The first-order chi connectivity index (χ1) is 14.1. The van der Waals surface area contributed by atoms with Gasteiger partial charge in [-0.1, -0.05) is 12.1 Å². The number of nitrogens with zero attached hydrogens (tertiary/aromatic N) is 1. The Balaban J connectivity index is 1.60. The van der Waals surface area contributed by atoms with Gasteiger partial charge in [-0.25, -0.2) is 21.6 Å². The molecule has 1 aliphatic heterocycles. The maximum atomic E-state index is 13.7. The molecule has 0 atom stereocenters. The summed E-state index contributed by atoms with van der Waals surface area (Å²) in [6.07, 6.45) is 0. The molecular weight excluding hydrogens is 419 g/mol. The normalized spacial score (nSPS) is 15.9. The number of hydrogen-bond donors (Lipinski definition) is 2. The number of quaternary nitrogens is 1. The van der Waals surface area contributed by atoms with Crippen molar-refractivity contribution in [2.24, 2.45) is 0 Å². The Kier molecular flexibility index (Phi) is 6.49. The molecule has 2 aromatic carbocycles. The first-order valence-electron chi connectivity index (χ1n) is 9.44. The largest absolute Gasteiger partial charge is 0.325 e. The van der Waals surface area contributed by atoms with Crippen LogP contribution < -0.4 is 10.2 Å². The van der Waals surface area contributed by atoms with Gasteiger partial charge in [-0.05, 0) is 43.2 Å². The number of anilines is 1. The number of carbonyl (C=O) groups excluding carboxylic acids is 1. The molecule has 1 saturated heterocycles. The van der Waals surface area contributed by atoms with E-state index >= 15 is 0 Å². The number of aryl methyl sites for hydroxylation is 2. The molecule has 0 spiro atoms. The van der Waals surface area contributed by atoms with Gasteiger partial charge in [0, 0.05) is 0 Å². The van der Waals surface area contributed by atoms with E-state index in [0.717, 1.165) is 22.6 Å². The van der Waals surface area contributed by atoms with Crippen LogP contribution in [0.15, 0.2) is 35.2 Å². The minimum absolute atomic E-state index is 0.0458. The monoisotopic (exact) mass is 442 g/mol. The molecule has 1 heterocycles. The topological polar surface area (TPSA) is 70.9 Å². The van der Waals surface area contributed by atoms with Crippen molar-refractivity contribution < 1.29 is 31.3 Å². The number of carbonyl (C=O) groups is 1. The molecule has 162 valence electrons. The van der Waals surface area contributed by atoms with Crippen molar-refractivity contribution in [1.29, 1.82) is 0 Å². The van der Waals surface area contributed by atoms with Crippen LogP contribution in [0.5, 0.6) is 0 Å². The van der Waals surface area contributed by atoms with E-state index < -0.39 is 39.1 Å². The third-order valence-electron chi connectivity index (χ3n) is 5.11. The lowest BCUT2D eigenvalue weighted by Gasteiger charge is -2.31. The lowest BCUT2D eigenvalue weighted by Crippen LogP contribution is -3.15. The molecule has 0 saturated carbocycles. The van der Waals surface area contributed by atoms with Crippen LogP contribution in [0.3, 0.4) is 0 Å². The summed E-state index contributed by atoms with van der Waals surface area (Å²) in [5.41, 5.74) is 1.09. The number of benzene rings is 2. The molecule has 0 bridgehead atoms. The first kappa shape index (κ1) is 22.3. The van der Waals surface area contributed by atoms with E-state index in [4.69, 9.17) is 0 Å². The Labute approximate surface area is 173 Å². The zero-order valence-electron chi connectivity index (χ0n) is 16.6. The number of hydrogen-bond acceptors (Lipinski definition) is 3. The zero-order valence-corrected chi connectivity index (χ0v) is 17.5. The zero-order chi connectivity index (χ0) is 22.1. The third kappa shape index (κ3) is 4.66. The predicted octanol–water partition coefficient (Wildman–Crippen LogP) is 1.25. The standard InChI is InChI=1S/C20H22F3N3O3S/c1-13-3-4-14(2)17(11-13)30(28,29)26-9-7-25(8-10-26)12-18(27)24-16-6-5-15(21)19(22)20(16)23/h3-6,11H,7-10,12H2,1-2H3,(H,24,27)/p+1. The summed E-state index contributed by atoms with van der Waals surface area (Å²) in [5.74, 6) is -5.01. The van der Waals surface area contributed by atoms with E-state index in [0.29, 0.717) is 18.7 Å². The van der Waals surface area contributed by atoms with Crippen LogP contribution in [0.2, 0.25) is 0 Å². The molecule has 1 amide bonds. The molecular formula is C20H23F3N3O3S+. The van der Waals surface area contributed by atoms with Gasteiger partial charge in [-0.2, -0.15) is 4.31 Å². The third-order valence-corrected chi connectivity index (χ3v) is 7.15. The van der Waals surface area contributed by atoms with Crippen molar-refractivity contribution in [2.75, 3.05) is 38.0 Å². The number of amides is 1. The van der Waals surface area contributed by atoms with Gasteiger partial charge >= 0.3 is 0 Å². The van der Waals surface area contributed by atoms with Gasteiger partial charge in [0.2, 0.25) is 10.0 Å². The number of rotatable bonds is 5. The van der Waals surface area contributed by atoms with Gasteiger partial charge in [0.1, 0.15) is 0 Å². The summed E-state index contributed by atoms with van der Waals surface area (Å²) in [5, 5.41) is 2.23. The second kappa shape index (κ2) is 8.75. The van der Waals surface area contributed by atoms with E-state index in [2.05, 4.69) is 5.32 Å². The molecule has 0 aromatic heterocycles. The van der Waals surface area contributed by atoms with Crippen molar-refractivity contribution in [3.8, 4) is 0 Å². The predicted molar refractivity (Wildman–Crippen MR) is 105 cm³/mol. The van der Waals surface area contributed by atoms with Gasteiger partial charge in [0.25, 0.3) is 5.91 Å². The maximum absolute atomic E-state index is 13.7. The number of piperazine rings is 1. The number of sulfonamides is 1. The van der Waals surface area contributed by atoms with Crippen LogP contribution in [-0.2, 0) is 14.8 Å². The highest BCUT2D eigenvalue weighted by Crippen LogP contribution is 2.21. The van der Waals surface area contributed by atoms with Crippen LogP contribution >= 0.6 is 0 Å². The molecule has 0 radical (unpaired) electrons. The van der Waals surface area contributed by atoms with Crippen LogP contribution in [-0.4, -0.2) is 51.4 Å². The molecule has 1 aliphatic rings. The molecule has 0 aliphatic carbocycles. The van der Waals surface area contributed by atoms with Crippen molar-refractivity contribution in [2.45, 2.75) is 18.7 Å². The minimum Gasteiger partial charge on any atom is -0.325 e. The van der Waals surface area contributed by atoms with Gasteiger partial charge in [0.05, 0.1) is 36.8 Å². The Morgan fingerprint density at radius 2 is 1.73 bits per heavy atom. The Hall–Kier alpha value is -2.43. The van der Waals surface area contributed by atoms with Crippen LogP contribution in [0.25, 0.3) is 0 Å². The van der Waals surface area contributed by atoms with E-state index in [-0.39, 0.29) is 24.5 Å². The van der Waals surface area contributed by atoms with Crippen molar-refractivity contribution >= 4 is 21.6 Å². The average molecular weight is 442 g/mol. The molecule has 0 unspecified atom stereocenters. The fraction of sp³-hybridized carbons (Fsp3) is 0.350. The second-order valence-corrected chi connectivity index (χ2v) is 9.28. The smallest absolute Gasteiger partial charge is 0.279 e.